The number of nitro groups is 1. The zero-order valence-corrected chi connectivity index (χ0v) is 22.9. The van der Waals surface area contributed by atoms with Crippen LogP contribution in [0, 0.1) is 17.0 Å². The Labute approximate surface area is 232 Å². The minimum absolute atomic E-state index is 0.0465. The van der Waals surface area contributed by atoms with Gasteiger partial charge in [-0.05, 0) is 76.5 Å². The average molecular weight is 650 g/mol. The molecule has 0 radical (unpaired) electrons. The molecule has 4 rings (SSSR count). The van der Waals surface area contributed by atoms with Crippen LogP contribution in [0.3, 0.4) is 0 Å². The summed E-state index contributed by atoms with van der Waals surface area (Å²) in [5.41, 5.74) is 1.67. The van der Waals surface area contributed by atoms with Gasteiger partial charge in [-0.1, -0.05) is 33.6 Å². The number of ether oxygens (including phenoxy) is 1. The van der Waals surface area contributed by atoms with Crippen molar-refractivity contribution in [3.05, 3.63) is 101 Å². The number of imide groups is 2. The molecule has 3 aromatic carbocycles. The Kier molecular flexibility index (Phi) is 7.76. The second-order valence-corrected chi connectivity index (χ2v) is 10.1. The van der Waals surface area contributed by atoms with Crippen LogP contribution in [0.1, 0.15) is 16.7 Å². The average Bonchev–Trinajstić information content (AvgIpc) is 2.83. The van der Waals surface area contributed by atoms with Crippen molar-refractivity contribution in [1.29, 1.82) is 0 Å². The number of barbiturate groups is 1. The standard InChI is InChI=1S/C25H16Br2ClN3O6/c1-13-2-5-18(11-21(13)28)30-24(33)19(23(32)29-25(30)34)9-15-8-16(26)10-20(27)22(15)37-12-14-3-6-17(7-4-14)31(35)36/h2-11H,12H2,1H3,(H,29,32,34)/b19-9+. The Morgan fingerprint density at radius 1 is 1.08 bits per heavy atom. The zero-order chi connectivity index (χ0) is 26.9. The number of halogens is 3. The zero-order valence-electron chi connectivity index (χ0n) is 19.0. The van der Waals surface area contributed by atoms with Crippen LogP contribution in [0.5, 0.6) is 5.75 Å². The van der Waals surface area contributed by atoms with Crippen LogP contribution in [-0.4, -0.2) is 22.8 Å². The molecule has 1 aliphatic rings. The second-order valence-electron chi connectivity index (χ2n) is 7.91. The van der Waals surface area contributed by atoms with E-state index >= 15 is 0 Å². The summed E-state index contributed by atoms with van der Waals surface area (Å²) in [5, 5.41) is 13.4. The van der Waals surface area contributed by atoms with Crippen LogP contribution in [0.25, 0.3) is 6.08 Å². The molecule has 0 spiro atoms. The number of rotatable bonds is 6. The van der Waals surface area contributed by atoms with Gasteiger partial charge in [0, 0.05) is 27.2 Å². The van der Waals surface area contributed by atoms with Gasteiger partial charge in [0.1, 0.15) is 17.9 Å². The van der Waals surface area contributed by atoms with Gasteiger partial charge in [-0.3, -0.25) is 25.0 Å². The van der Waals surface area contributed by atoms with E-state index in [1.165, 1.54) is 24.3 Å². The van der Waals surface area contributed by atoms with Gasteiger partial charge < -0.3 is 4.74 Å². The highest BCUT2D eigenvalue weighted by atomic mass is 79.9. The van der Waals surface area contributed by atoms with Crippen LogP contribution in [0.2, 0.25) is 5.02 Å². The molecule has 3 aromatic rings. The van der Waals surface area contributed by atoms with E-state index in [9.17, 15) is 24.5 Å². The van der Waals surface area contributed by atoms with Gasteiger partial charge >= 0.3 is 6.03 Å². The van der Waals surface area contributed by atoms with E-state index in [-0.39, 0.29) is 23.6 Å². The Bertz CT molecular complexity index is 1490. The number of amides is 4. The number of nitro benzene ring substituents is 1. The molecule has 1 fully saturated rings. The summed E-state index contributed by atoms with van der Waals surface area (Å²) in [6.07, 6.45) is 1.33. The van der Waals surface area contributed by atoms with E-state index in [0.29, 0.717) is 30.8 Å². The summed E-state index contributed by atoms with van der Waals surface area (Å²) in [4.78, 5) is 49.7. The summed E-state index contributed by atoms with van der Waals surface area (Å²) < 4.78 is 7.12. The van der Waals surface area contributed by atoms with Crippen molar-refractivity contribution in [3.63, 3.8) is 0 Å². The maximum atomic E-state index is 13.3. The minimum Gasteiger partial charge on any atom is -0.487 e. The third kappa shape index (κ3) is 5.74. The van der Waals surface area contributed by atoms with Gasteiger partial charge in [0.25, 0.3) is 17.5 Å². The van der Waals surface area contributed by atoms with E-state index in [0.717, 1.165) is 10.5 Å². The van der Waals surface area contributed by atoms with Crippen molar-refractivity contribution in [3.8, 4) is 5.75 Å². The maximum Gasteiger partial charge on any atom is 0.335 e. The number of urea groups is 1. The van der Waals surface area contributed by atoms with Gasteiger partial charge in [0.15, 0.2) is 0 Å². The highest BCUT2D eigenvalue weighted by Gasteiger charge is 2.37. The number of hydrogen-bond donors (Lipinski definition) is 1. The lowest BCUT2D eigenvalue weighted by Crippen LogP contribution is -2.54. The number of non-ortho nitro benzene ring substituents is 1. The lowest BCUT2D eigenvalue weighted by molar-refractivity contribution is -0.384. The Hall–Kier alpha value is -3.54. The molecular formula is C25H16Br2ClN3O6. The third-order valence-corrected chi connectivity index (χ3v) is 6.84. The third-order valence-electron chi connectivity index (χ3n) is 5.38. The number of anilines is 1. The topological polar surface area (TPSA) is 119 Å². The molecule has 0 unspecified atom stereocenters. The molecule has 0 aromatic heterocycles. The summed E-state index contributed by atoms with van der Waals surface area (Å²) in [6.45, 7) is 1.84. The molecule has 0 aliphatic carbocycles. The molecule has 12 heteroatoms. The van der Waals surface area contributed by atoms with Crippen LogP contribution in [-0.2, 0) is 16.2 Å². The molecule has 0 atom stereocenters. The van der Waals surface area contributed by atoms with Crippen molar-refractivity contribution < 1.29 is 24.0 Å². The van der Waals surface area contributed by atoms with Crippen LogP contribution in [0.4, 0.5) is 16.2 Å². The molecular weight excluding hydrogens is 634 g/mol. The minimum atomic E-state index is -0.892. The SMILES string of the molecule is Cc1ccc(N2C(=O)NC(=O)/C(=C\c3cc(Br)cc(Br)c3OCc3ccc([N+](=O)[O-])cc3)C2=O)cc1Cl. The summed E-state index contributed by atoms with van der Waals surface area (Å²) in [5.74, 6) is -1.37. The number of benzene rings is 3. The highest BCUT2D eigenvalue weighted by molar-refractivity contribution is 9.11. The molecule has 1 heterocycles. The summed E-state index contributed by atoms with van der Waals surface area (Å²) in [7, 11) is 0. The first-order chi connectivity index (χ1) is 17.5. The molecule has 0 saturated carbocycles. The lowest BCUT2D eigenvalue weighted by atomic mass is 10.1. The van der Waals surface area contributed by atoms with E-state index in [4.69, 9.17) is 16.3 Å². The number of nitrogens with one attached hydrogen (secondary N) is 1. The van der Waals surface area contributed by atoms with Gasteiger partial charge in [-0.15, -0.1) is 0 Å². The van der Waals surface area contributed by atoms with Crippen LogP contribution in [0.15, 0.2) is 69.1 Å². The first-order valence-corrected chi connectivity index (χ1v) is 12.5. The fraction of sp³-hybridized carbons (Fsp3) is 0.0800. The first-order valence-electron chi connectivity index (χ1n) is 10.6. The van der Waals surface area contributed by atoms with E-state index < -0.39 is 22.8 Å². The smallest absolute Gasteiger partial charge is 0.335 e. The predicted molar refractivity (Wildman–Crippen MR) is 144 cm³/mol. The summed E-state index contributed by atoms with van der Waals surface area (Å²) in [6, 6.07) is 13.0. The monoisotopic (exact) mass is 647 g/mol. The normalized spacial score (nSPS) is 14.6. The Morgan fingerprint density at radius 3 is 2.43 bits per heavy atom. The fourth-order valence-corrected chi connectivity index (χ4v) is 5.02. The molecule has 37 heavy (non-hydrogen) atoms. The largest absolute Gasteiger partial charge is 0.487 e. The Morgan fingerprint density at radius 2 is 1.78 bits per heavy atom. The molecule has 0 bridgehead atoms. The predicted octanol–water partition coefficient (Wildman–Crippen LogP) is 6.33. The quantitative estimate of drug-likeness (QED) is 0.144. The van der Waals surface area contributed by atoms with Crippen LogP contribution >= 0.6 is 43.5 Å². The maximum absolute atomic E-state index is 13.3. The van der Waals surface area contributed by atoms with Crippen LogP contribution < -0.4 is 15.0 Å². The Balaban J connectivity index is 1.69. The number of aryl methyl sites for hydroxylation is 1. The highest BCUT2D eigenvalue weighted by Crippen LogP contribution is 2.36. The van der Waals surface area contributed by atoms with Crippen molar-refractivity contribution in [2.45, 2.75) is 13.5 Å². The van der Waals surface area contributed by atoms with Gasteiger partial charge in [0.2, 0.25) is 0 Å². The van der Waals surface area contributed by atoms with Crippen molar-refractivity contribution in [2.24, 2.45) is 0 Å². The lowest BCUT2D eigenvalue weighted by Gasteiger charge is -2.26. The number of hydrogen-bond acceptors (Lipinski definition) is 6. The van der Waals surface area contributed by atoms with Crippen molar-refractivity contribution in [2.75, 3.05) is 4.90 Å². The van der Waals surface area contributed by atoms with E-state index in [1.807, 2.05) is 0 Å². The fourth-order valence-electron chi connectivity index (χ4n) is 3.48. The van der Waals surface area contributed by atoms with Crippen molar-refractivity contribution >= 4 is 78.8 Å². The molecule has 1 aliphatic heterocycles. The molecule has 1 N–H and O–H groups in total. The first kappa shape index (κ1) is 26.5. The number of nitrogens with zero attached hydrogens (tertiary/aromatic N) is 2. The molecule has 188 valence electrons. The number of carbonyl (C=O) groups excluding carboxylic acids is 3. The summed E-state index contributed by atoms with van der Waals surface area (Å²) >= 11 is 13.0. The molecule has 1 saturated heterocycles. The van der Waals surface area contributed by atoms with Gasteiger partial charge in [-0.2, -0.15) is 0 Å². The van der Waals surface area contributed by atoms with Gasteiger partial charge in [-0.25, -0.2) is 9.69 Å². The van der Waals surface area contributed by atoms with E-state index in [2.05, 4.69) is 37.2 Å². The van der Waals surface area contributed by atoms with Gasteiger partial charge in [0.05, 0.1) is 15.1 Å². The van der Waals surface area contributed by atoms with E-state index in [1.54, 1.807) is 43.3 Å². The molecule has 4 amide bonds. The molecule has 9 nitrogen and oxygen atoms in total. The number of carbonyl (C=O) groups is 3. The van der Waals surface area contributed by atoms with Crippen molar-refractivity contribution in [1.82, 2.24) is 5.32 Å². The second kappa shape index (κ2) is 10.8.